The van der Waals surface area contributed by atoms with Crippen LogP contribution in [0.5, 0.6) is 0 Å². The van der Waals surface area contributed by atoms with E-state index >= 15 is 0 Å². The third kappa shape index (κ3) is 7.60. The molecule has 2 atom stereocenters. The minimum absolute atomic E-state index is 0.105. The molecule has 1 unspecified atom stereocenters. The van der Waals surface area contributed by atoms with Gasteiger partial charge in [-0.05, 0) is 19.3 Å². The summed E-state index contributed by atoms with van der Waals surface area (Å²) < 4.78 is 0. The van der Waals surface area contributed by atoms with Gasteiger partial charge in [-0.3, -0.25) is 4.79 Å². The molecule has 0 heterocycles. The van der Waals surface area contributed by atoms with Crippen LogP contribution in [-0.4, -0.2) is 41.6 Å². The van der Waals surface area contributed by atoms with E-state index in [4.69, 9.17) is 5.11 Å². The van der Waals surface area contributed by atoms with Crippen molar-refractivity contribution in [2.24, 2.45) is 5.92 Å². The van der Waals surface area contributed by atoms with Crippen molar-refractivity contribution in [1.29, 1.82) is 0 Å². The van der Waals surface area contributed by atoms with E-state index in [2.05, 4.69) is 16.0 Å². The minimum Gasteiger partial charge on any atom is -0.480 e. The standard InChI is InChI=1S/C13H25N3O4/c1-5-9(4)15-10(17)6-7-14-13(20)16-11(8(2)3)12(18)19/h8-9,11H,5-7H2,1-4H3,(H,15,17)(H,18,19)(H2,14,16,20)/t9?,11-/m1/s1. The Hall–Kier alpha value is -1.79. The molecule has 0 aliphatic heterocycles. The van der Waals surface area contributed by atoms with Crippen LogP contribution in [0.1, 0.15) is 40.5 Å². The predicted molar refractivity (Wildman–Crippen MR) is 75.3 cm³/mol. The first kappa shape index (κ1) is 18.2. The van der Waals surface area contributed by atoms with E-state index < -0.39 is 18.0 Å². The van der Waals surface area contributed by atoms with Gasteiger partial charge in [0.1, 0.15) is 6.04 Å². The van der Waals surface area contributed by atoms with Gasteiger partial charge >= 0.3 is 12.0 Å². The molecule has 0 bridgehead atoms. The lowest BCUT2D eigenvalue weighted by Gasteiger charge is -2.18. The summed E-state index contributed by atoms with van der Waals surface area (Å²) in [6, 6.07) is -1.42. The number of carboxylic acid groups (broad SMARTS) is 1. The van der Waals surface area contributed by atoms with Crippen molar-refractivity contribution in [3.63, 3.8) is 0 Å². The van der Waals surface area contributed by atoms with E-state index in [0.29, 0.717) is 0 Å². The largest absolute Gasteiger partial charge is 0.480 e. The summed E-state index contributed by atoms with van der Waals surface area (Å²) in [6.45, 7) is 7.45. The molecular formula is C13H25N3O4. The quantitative estimate of drug-likeness (QED) is 0.527. The van der Waals surface area contributed by atoms with E-state index in [0.717, 1.165) is 6.42 Å². The summed E-state index contributed by atoms with van der Waals surface area (Å²) in [7, 11) is 0. The Kier molecular flexibility index (Phi) is 8.35. The summed E-state index contributed by atoms with van der Waals surface area (Å²) in [6.07, 6.45) is 1.01. The average Bonchev–Trinajstić information content (AvgIpc) is 2.34. The first-order valence-electron chi connectivity index (χ1n) is 6.84. The summed E-state index contributed by atoms with van der Waals surface area (Å²) >= 11 is 0. The zero-order valence-electron chi connectivity index (χ0n) is 12.5. The molecule has 0 aromatic heterocycles. The van der Waals surface area contributed by atoms with Crippen LogP contribution in [0.25, 0.3) is 0 Å². The van der Waals surface area contributed by atoms with Crippen LogP contribution in [0, 0.1) is 5.92 Å². The average molecular weight is 287 g/mol. The molecule has 0 fully saturated rings. The second kappa shape index (κ2) is 9.17. The molecule has 0 rings (SSSR count). The maximum Gasteiger partial charge on any atom is 0.326 e. The topological polar surface area (TPSA) is 108 Å². The summed E-state index contributed by atoms with van der Waals surface area (Å²) in [5.41, 5.74) is 0. The van der Waals surface area contributed by atoms with Gasteiger partial charge in [0.2, 0.25) is 5.91 Å². The SMILES string of the molecule is CCC(C)NC(=O)CCNC(=O)N[C@@H](C(=O)O)C(C)C. The van der Waals surface area contributed by atoms with Crippen molar-refractivity contribution >= 4 is 17.9 Å². The van der Waals surface area contributed by atoms with E-state index in [1.54, 1.807) is 13.8 Å². The molecule has 0 saturated heterocycles. The fourth-order valence-electron chi connectivity index (χ4n) is 1.44. The molecule has 20 heavy (non-hydrogen) atoms. The second-order valence-corrected chi connectivity index (χ2v) is 5.09. The van der Waals surface area contributed by atoms with Crippen LogP contribution in [-0.2, 0) is 9.59 Å². The lowest BCUT2D eigenvalue weighted by molar-refractivity contribution is -0.140. The number of rotatable bonds is 8. The Bertz CT molecular complexity index is 345. The lowest BCUT2D eigenvalue weighted by atomic mass is 10.1. The van der Waals surface area contributed by atoms with Gasteiger partial charge < -0.3 is 21.1 Å². The molecular weight excluding hydrogens is 262 g/mol. The van der Waals surface area contributed by atoms with Crippen LogP contribution < -0.4 is 16.0 Å². The van der Waals surface area contributed by atoms with Crippen molar-refractivity contribution in [1.82, 2.24) is 16.0 Å². The van der Waals surface area contributed by atoms with Gasteiger partial charge in [0.05, 0.1) is 0 Å². The number of nitrogens with one attached hydrogen (secondary N) is 3. The third-order valence-corrected chi connectivity index (χ3v) is 2.88. The molecule has 0 aliphatic rings. The zero-order valence-corrected chi connectivity index (χ0v) is 12.5. The first-order valence-corrected chi connectivity index (χ1v) is 6.84. The maximum absolute atomic E-state index is 11.5. The van der Waals surface area contributed by atoms with E-state index in [1.165, 1.54) is 0 Å². The molecule has 0 aromatic rings. The van der Waals surface area contributed by atoms with E-state index in [9.17, 15) is 14.4 Å². The highest BCUT2D eigenvalue weighted by molar-refractivity contribution is 5.83. The van der Waals surface area contributed by atoms with E-state index in [1.807, 2.05) is 13.8 Å². The van der Waals surface area contributed by atoms with Crippen molar-refractivity contribution < 1.29 is 19.5 Å². The Morgan fingerprint density at radius 2 is 1.70 bits per heavy atom. The third-order valence-electron chi connectivity index (χ3n) is 2.88. The number of amides is 3. The number of aliphatic carboxylic acids is 1. The van der Waals surface area contributed by atoms with Crippen LogP contribution in [0.2, 0.25) is 0 Å². The summed E-state index contributed by atoms with van der Waals surface area (Å²) in [5, 5.41) is 16.5. The molecule has 0 saturated carbocycles. The smallest absolute Gasteiger partial charge is 0.326 e. The Morgan fingerprint density at radius 1 is 1.10 bits per heavy atom. The molecule has 116 valence electrons. The molecule has 0 aromatic carbocycles. The number of hydrogen-bond acceptors (Lipinski definition) is 3. The monoisotopic (exact) mass is 287 g/mol. The molecule has 7 heteroatoms. The van der Waals surface area contributed by atoms with Gasteiger partial charge in [0.15, 0.2) is 0 Å². The predicted octanol–water partition coefficient (Wildman–Crippen LogP) is 0.700. The van der Waals surface area contributed by atoms with Gasteiger partial charge in [0, 0.05) is 19.0 Å². The number of urea groups is 1. The molecule has 0 aliphatic carbocycles. The van der Waals surface area contributed by atoms with E-state index in [-0.39, 0.29) is 30.8 Å². The normalized spacial score (nSPS) is 13.4. The molecule has 3 amide bonds. The van der Waals surface area contributed by atoms with Gasteiger partial charge in [-0.15, -0.1) is 0 Å². The van der Waals surface area contributed by atoms with Crippen molar-refractivity contribution in [3.05, 3.63) is 0 Å². The molecule has 0 radical (unpaired) electrons. The van der Waals surface area contributed by atoms with Gasteiger partial charge in [-0.2, -0.15) is 0 Å². The summed E-state index contributed by atoms with van der Waals surface area (Å²) in [5.74, 6) is -1.44. The van der Waals surface area contributed by atoms with Gasteiger partial charge in [0.25, 0.3) is 0 Å². The Labute approximate surface area is 119 Å². The van der Waals surface area contributed by atoms with Crippen LogP contribution in [0.3, 0.4) is 0 Å². The highest BCUT2D eigenvalue weighted by Gasteiger charge is 2.23. The first-order chi connectivity index (χ1) is 9.27. The highest BCUT2D eigenvalue weighted by Crippen LogP contribution is 2.01. The van der Waals surface area contributed by atoms with Crippen molar-refractivity contribution in [2.45, 2.75) is 52.6 Å². The fourth-order valence-corrected chi connectivity index (χ4v) is 1.44. The highest BCUT2D eigenvalue weighted by atomic mass is 16.4. The Balaban J connectivity index is 3.99. The molecule has 7 nitrogen and oxygen atoms in total. The maximum atomic E-state index is 11.5. The van der Waals surface area contributed by atoms with Crippen molar-refractivity contribution in [2.75, 3.05) is 6.54 Å². The van der Waals surface area contributed by atoms with Gasteiger partial charge in [-0.25, -0.2) is 9.59 Å². The van der Waals surface area contributed by atoms with Crippen LogP contribution in [0.4, 0.5) is 4.79 Å². The number of carboxylic acids is 1. The van der Waals surface area contributed by atoms with Crippen molar-refractivity contribution in [3.8, 4) is 0 Å². The molecule has 4 N–H and O–H groups in total. The Morgan fingerprint density at radius 3 is 2.15 bits per heavy atom. The number of carbonyl (C=O) groups is 3. The van der Waals surface area contributed by atoms with Crippen LogP contribution in [0.15, 0.2) is 0 Å². The van der Waals surface area contributed by atoms with Gasteiger partial charge in [-0.1, -0.05) is 20.8 Å². The minimum atomic E-state index is -1.08. The second-order valence-electron chi connectivity index (χ2n) is 5.09. The fraction of sp³-hybridized carbons (Fsp3) is 0.769. The summed E-state index contributed by atoms with van der Waals surface area (Å²) in [4.78, 5) is 33.9. The zero-order chi connectivity index (χ0) is 15.7. The van der Waals surface area contributed by atoms with Crippen LogP contribution >= 0.6 is 0 Å². The number of carbonyl (C=O) groups excluding carboxylic acids is 2. The number of hydrogen-bond donors (Lipinski definition) is 4. The molecule has 0 spiro atoms. The lowest BCUT2D eigenvalue weighted by Crippen LogP contribution is -2.49.